The number of hydrogen-bond donors (Lipinski definition) is 1. The maximum Gasteiger partial charge on any atom is 0.339 e. The molecule has 1 amide bonds. The Morgan fingerprint density at radius 2 is 1.68 bits per heavy atom. The second-order valence-corrected chi connectivity index (χ2v) is 5.99. The van der Waals surface area contributed by atoms with Crippen LogP contribution in [0.2, 0.25) is 0 Å². The van der Waals surface area contributed by atoms with Crippen LogP contribution in [0.15, 0.2) is 54.6 Å². The molecule has 0 unspecified atom stereocenters. The number of nitrogens with zero attached hydrogens (tertiary/aromatic N) is 1. The van der Waals surface area contributed by atoms with E-state index in [0.717, 1.165) is 0 Å². The summed E-state index contributed by atoms with van der Waals surface area (Å²) in [5.41, 5.74) is 2.17. The Hall–Kier alpha value is -3.74. The van der Waals surface area contributed by atoms with Crippen molar-refractivity contribution in [1.29, 1.82) is 0 Å². The normalized spacial score (nSPS) is 10.4. The molecular formula is C21H18N2O5. The van der Waals surface area contributed by atoms with Crippen molar-refractivity contribution in [1.82, 2.24) is 4.98 Å². The molecule has 2 aromatic carbocycles. The van der Waals surface area contributed by atoms with Crippen LogP contribution in [0, 0.1) is 6.92 Å². The van der Waals surface area contributed by atoms with Gasteiger partial charge in [-0.1, -0.05) is 30.3 Å². The van der Waals surface area contributed by atoms with Gasteiger partial charge in [0.15, 0.2) is 6.61 Å². The monoisotopic (exact) mass is 378 g/mol. The maximum atomic E-state index is 12.5. The summed E-state index contributed by atoms with van der Waals surface area (Å²) in [6, 6.07) is 15.2. The number of para-hydroxylation sites is 2. The van der Waals surface area contributed by atoms with Crippen LogP contribution < -0.4 is 5.32 Å². The van der Waals surface area contributed by atoms with Gasteiger partial charge in [-0.15, -0.1) is 0 Å². The minimum absolute atomic E-state index is 0.209. The number of benzene rings is 2. The lowest BCUT2D eigenvalue weighted by Crippen LogP contribution is -2.22. The number of ether oxygens (including phenoxy) is 2. The number of aryl methyl sites for hydroxylation is 1. The molecule has 0 aliphatic carbocycles. The molecule has 3 aromatic rings. The molecule has 3 rings (SSSR count). The van der Waals surface area contributed by atoms with Crippen molar-refractivity contribution in [3.63, 3.8) is 0 Å². The Bertz CT molecular complexity index is 1060. The first-order valence-corrected chi connectivity index (χ1v) is 8.50. The quantitative estimate of drug-likeness (QED) is 0.686. The molecule has 0 spiro atoms. The molecule has 0 saturated heterocycles. The van der Waals surface area contributed by atoms with Crippen molar-refractivity contribution in [2.24, 2.45) is 0 Å². The van der Waals surface area contributed by atoms with Crippen LogP contribution in [0.4, 0.5) is 5.69 Å². The average Bonchev–Trinajstić information content (AvgIpc) is 2.71. The third kappa shape index (κ3) is 4.15. The molecule has 0 saturated carbocycles. The third-order valence-corrected chi connectivity index (χ3v) is 4.00. The van der Waals surface area contributed by atoms with Crippen LogP contribution in [0.1, 0.15) is 26.4 Å². The Labute approximate surface area is 161 Å². The van der Waals surface area contributed by atoms with Crippen molar-refractivity contribution in [3.8, 4) is 0 Å². The first-order chi connectivity index (χ1) is 13.5. The molecule has 7 heteroatoms. The van der Waals surface area contributed by atoms with Gasteiger partial charge in [-0.05, 0) is 31.2 Å². The van der Waals surface area contributed by atoms with E-state index in [1.54, 1.807) is 49.4 Å². The van der Waals surface area contributed by atoms with Crippen LogP contribution in [-0.4, -0.2) is 36.5 Å². The lowest BCUT2D eigenvalue weighted by Gasteiger charge is -2.11. The summed E-state index contributed by atoms with van der Waals surface area (Å²) in [7, 11) is 1.25. The van der Waals surface area contributed by atoms with Gasteiger partial charge in [0, 0.05) is 11.1 Å². The molecule has 0 bridgehead atoms. The van der Waals surface area contributed by atoms with Crippen molar-refractivity contribution >= 4 is 34.4 Å². The fourth-order valence-corrected chi connectivity index (χ4v) is 2.75. The highest BCUT2D eigenvalue weighted by molar-refractivity contribution is 6.05. The number of methoxy groups -OCH3 is 1. The van der Waals surface area contributed by atoms with Crippen LogP contribution >= 0.6 is 0 Å². The minimum atomic E-state index is -0.627. The molecule has 0 atom stereocenters. The Morgan fingerprint density at radius 3 is 2.46 bits per heavy atom. The summed E-state index contributed by atoms with van der Waals surface area (Å²) in [5.74, 6) is -1.77. The van der Waals surface area contributed by atoms with Gasteiger partial charge in [0.2, 0.25) is 0 Å². The number of pyridine rings is 1. The van der Waals surface area contributed by atoms with Crippen molar-refractivity contribution in [3.05, 3.63) is 71.4 Å². The number of fused-ring (bicyclic) bond motifs is 1. The predicted octanol–water partition coefficient (Wildman–Crippen LogP) is 3.13. The first kappa shape index (κ1) is 19.0. The maximum absolute atomic E-state index is 12.5. The predicted molar refractivity (Wildman–Crippen MR) is 103 cm³/mol. The summed E-state index contributed by atoms with van der Waals surface area (Å²) in [4.78, 5) is 40.8. The van der Waals surface area contributed by atoms with Gasteiger partial charge in [-0.25, -0.2) is 9.59 Å². The first-order valence-electron chi connectivity index (χ1n) is 8.50. The molecule has 0 fully saturated rings. The minimum Gasteiger partial charge on any atom is -0.465 e. The number of rotatable bonds is 5. The molecule has 7 nitrogen and oxygen atoms in total. The highest BCUT2D eigenvalue weighted by atomic mass is 16.5. The summed E-state index contributed by atoms with van der Waals surface area (Å²) in [6.07, 6.45) is 0. The number of nitrogens with one attached hydrogen (secondary N) is 1. The van der Waals surface area contributed by atoms with Gasteiger partial charge < -0.3 is 14.8 Å². The molecule has 0 aliphatic heterocycles. The second-order valence-electron chi connectivity index (χ2n) is 5.99. The van der Waals surface area contributed by atoms with E-state index in [9.17, 15) is 14.4 Å². The zero-order valence-electron chi connectivity index (χ0n) is 15.4. The van der Waals surface area contributed by atoms with E-state index in [-0.39, 0.29) is 11.3 Å². The molecular weight excluding hydrogens is 360 g/mol. The summed E-state index contributed by atoms with van der Waals surface area (Å²) in [5, 5.41) is 3.20. The number of hydrogen-bond acceptors (Lipinski definition) is 6. The number of carbonyl (C=O) groups is 3. The van der Waals surface area contributed by atoms with E-state index in [0.29, 0.717) is 22.2 Å². The van der Waals surface area contributed by atoms with Crippen molar-refractivity contribution in [2.75, 3.05) is 19.0 Å². The second kappa shape index (κ2) is 8.30. The largest absolute Gasteiger partial charge is 0.465 e. The highest BCUT2D eigenvalue weighted by Gasteiger charge is 2.17. The Balaban J connectivity index is 1.71. The van der Waals surface area contributed by atoms with Crippen LogP contribution in [0.3, 0.4) is 0 Å². The van der Waals surface area contributed by atoms with E-state index in [1.165, 1.54) is 13.2 Å². The van der Waals surface area contributed by atoms with Gasteiger partial charge in [-0.2, -0.15) is 0 Å². The van der Waals surface area contributed by atoms with Crippen molar-refractivity contribution < 1.29 is 23.9 Å². The van der Waals surface area contributed by atoms with Crippen LogP contribution in [0.5, 0.6) is 0 Å². The summed E-state index contributed by atoms with van der Waals surface area (Å²) in [6.45, 7) is 1.28. The van der Waals surface area contributed by atoms with E-state index in [4.69, 9.17) is 4.74 Å². The van der Waals surface area contributed by atoms with Crippen LogP contribution in [-0.2, 0) is 14.3 Å². The zero-order chi connectivity index (χ0) is 20.1. The average molecular weight is 378 g/mol. The van der Waals surface area contributed by atoms with E-state index in [2.05, 4.69) is 15.0 Å². The lowest BCUT2D eigenvalue weighted by atomic mass is 10.1. The van der Waals surface area contributed by atoms with Gasteiger partial charge in [-0.3, -0.25) is 9.78 Å². The molecule has 1 aromatic heterocycles. The lowest BCUT2D eigenvalue weighted by molar-refractivity contribution is -0.119. The standard InChI is InChI=1S/C21H18N2O5/c1-13-11-16(14-7-3-5-9-17(14)22-13)21(26)28-12-19(24)23-18-10-6-4-8-15(18)20(25)27-2/h3-11H,12H2,1-2H3,(H,23,24). The van der Waals surface area contributed by atoms with Gasteiger partial charge in [0.05, 0.1) is 29.4 Å². The smallest absolute Gasteiger partial charge is 0.339 e. The molecule has 1 heterocycles. The van der Waals surface area contributed by atoms with Crippen LogP contribution in [0.25, 0.3) is 10.9 Å². The summed E-state index contributed by atoms with van der Waals surface area (Å²) < 4.78 is 9.84. The van der Waals surface area contributed by atoms with Gasteiger partial charge in [0.1, 0.15) is 0 Å². The molecule has 0 aliphatic rings. The van der Waals surface area contributed by atoms with Gasteiger partial charge in [0.25, 0.3) is 5.91 Å². The van der Waals surface area contributed by atoms with E-state index >= 15 is 0 Å². The Morgan fingerprint density at radius 1 is 0.964 bits per heavy atom. The SMILES string of the molecule is COC(=O)c1ccccc1NC(=O)COC(=O)c1cc(C)nc2ccccc12. The van der Waals surface area contributed by atoms with Crippen molar-refractivity contribution in [2.45, 2.75) is 6.92 Å². The van der Waals surface area contributed by atoms with Gasteiger partial charge >= 0.3 is 11.9 Å². The third-order valence-electron chi connectivity index (χ3n) is 4.00. The molecule has 142 valence electrons. The topological polar surface area (TPSA) is 94.6 Å². The highest BCUT2D eigenvalue weighted by Crippen LogP contribution is 2.19. The number of amides is 1. The zero-order valence-corrected chi connectivity index (χ0v) is 15.4. The van der Waals surface area contributed by atoms with E-state index in [1.807, 2.05) is 6.07 Å². The fraction of sp³-hybridized carbons (Fsp3) is 0.143. The number of anilines is 1. The fourth-order valence-electron chi connectivity index (χ4n) is 2.75. The molecule has 1 N–H and O–H groups in total. The van der Waals surface area contributed by atoms with E-state index < -0.39 is 24.5 Å². The number of carbonyl (C=O) groups excluding carboxylic acids is 3. The Kier molecular flexibility index (Phi) is 5.64. The number of aromatic nitrogens is 1. The molecule has 0 radical (unpaired) electrons. The summed E-state index contributed by atoms with van der Waals surface area (Å²) >= 11 is 0. The number of esters is 2. The molecule has 28 heavy (non-hydrogen) atoms.